The second kappa shape index (κ2) is 6.06. The normalized spacial score (nSPS) is 31.9. The van der Waals surface area contributed by atoms with Gasteiger partial charge in [0.1, 0.15) is 0 Å². The van der Waals surface area contributed by atoms with Crippen molar-refractivity contribution in [2.75, 3.05) is 19.6 Å². The number of hydrogen-bond donors (Lipinski definition) is 1. The summed E-state index contributed by atoms with van der Waals surface area (Å²) >= 11 is 0. The lowest BCUT2D eigenvalue weighted by molar-refractivity contribution is -0.0188. The topological polar surface area (TPSA) is 23.5 Å². The van der Waals surface area contributed by atoms with Crippen LogP contribution in [0.15, 0.2) is 30.3 Å². The first kappa shape index (κ1) is 13.1. The molecule has 1 saturated carbocycles. The molecule has 1 aromatic rings. The largest absolute Gasteiger partial charge is 0.392 e. The summed E-state index contributed by atoms with van der Waals surface area (Å²) in [6, 6.07) is 10.7. The van der Waals surface area contributed by atoms with E-state index >= 15 is 0 Å². The molecule has 2 heteroatoms. The van der Waals surface area contributed by atoms with Crippen molar-refractivity contribution < 1.29 is 5.11 Å². The van der Waals surface area contributed by atoms with E-state index in [1.165, 1.54) is 31.2 Å². The van der Waals surface area contributed by atoms with Gasteiger partial charge in [0.25, 0.3) is 0 Å². The molecule has 1 aromatic carbocycles. The second-order valence-electron chi connectivity index (χ2n) is 6.29. The van der Waals surface area contributed by atoms with Crippen molar-refractivity contribution in [3.05, 3.63) is 35.9 Å². The fraction of sp³-hybridized carbons (Fsp3) is 0.647. The van der Waals surface area contributed by atoms with Crippen molar-refractivity contribution in [3.8, 4) is 0 Å². The summed E-state index contributed by atoms with van der Waals surface area (Å²) in [5.74, 6) is 1.05. The number of aliphatic hydroxyl groups is 1. The Kier molecular flexibility index (Phi) is 4.19. The van der Waals surface area contributed by atoms with Crippen LogP contribution < -0.4 is 0 Å². The molecule has 1 aliphatic carbocycles. The first-order valence-electron chi connectivity index (χ1n) is 7.77. The van der Waals surface area contributed by atoms with Gasteiger partial charge in [0.2, 0.25) is 0 Å². The van der Waals surface area contributed by atoms with E-state index in [1.54, 1.807) is 0 Å². The van der Waals surface area contributed by atoms with Gasteiger partial charge in [-0.15, -0.1) is 0 Å². The molecule has 0 aromatic heterocycles. The minimum Gasteiger partial charge on any atom is -0.392 e. The first-order chi connectivity index (χ1) is 9.33. The highest BCUT2D eigenvalue weighted by Gasteiger charge is 2.36. The molecule has 1 aliphatic heterocycles. The molecule has 0 spiro atoms. The molecule has 1 saturated heterocycles. The summed E-state index contributed by atoms with van der Waals surface area (Å²) in [4.78, 5) is 2.58. The Balaban J connectivity index is 1.57. The fourth-order valence-corrected chi connectivity index (χ4v) is 3.79. The van der Waals surface area contributed by atoms with Crippen LogP contribution in [-0.4, -0.2) is 35.7 Å². The zero-order valence-electron chi connectivity index (χ0n) is 11.7. The third-order valence-electron chi connectivity index (χ3n) is 4.91. The van der Waals surface area contributed by atoms with E-state index in [4.69, 9.17) is 0 Å². The molecule has 1 unspecified atom stereocenters. The lowest BCUT2D eigenvalue weighted by Gasteiger charge is -2.40. The zero-order chi connectivity index (χ0) is 13.1. The summed E-state index contributed by atoms with van der Waals surface area (Å²) < 4.78 is 0. The molecule has 2 nitrogen and oxygen atoms in total. The van der Waals surface area contributed by atoms with Crippen LogP contribution in [-0.2, 0) is 6.42 Å². The Morgan fingerprint density at radius 3 is 2.26 bits per heavy atom. The average Bonchev–Trinajstić information content (AvgIpc) is 2.56. The maximum absolute atomic E-state index is 10.3. The molecule has 0 radical (unpaired) electrons. The van der Waals surface area contributed by atoms with Crippen molar-refractivity contribution in [2.45, 2.75) is 38.2 Å². The van der Waals surface area contributed by atoms with Crippen LogP contribution in [0.2, 0.25) is 0 Å². The van der Waals surface area contributed by atoms with E-state index in [-0.39, 0.29) is 6.10 Å². The van der Waals surface area contributed by atoms with Crippen LogP contribution in [0.5, 0.6) is 0 Å². The van der Waals surface area contributed by atoms with Gasteiger partial charge in [-0.05, 0) is 36.7 Å². The Bertz CT molecular complexity index is 376. The van der Waals surface area contributed by atoms with Crippen molar-refractivity contribution in [3.63, 3.8) is 0 Å². The highest BCUT2D eigenvalue weighted by Crippen LogP contribution is 2.33. The van der Waals surface area contributed by atoms with Gasteiger partial charge < -0.3 is 10.0 Å². The SMILES string of the molecule is OC1[C@@H]2CCCC[C@H]1CN(CCc1ccccc1)C2. The summed E-state index contributed by atoms with van der Waals surface area (Å²) in [5, 5.41) is 10.3. The van der Waals surface area contributed by atoms with Gasteiger partial charge in [0.15, 0.2) is 0 Å². The van der Waals surface area contributed by atoms with Crippen LogP contribution in [0.4, 0.5) is 0 Å². The molecule has 3 atom stereocenters. The molecule has 0 amide bonds. The number of likely N-dealkylation sites (tertiary alicyclic amines) is 1. The maximum Gasteiger partial charge on any atom is 0.0620 e. The molecule has 2 bridgehead atoms. The Labute approximate surface area is 116 Å². The number of nitrogens with zero attached hydrogens (tertiary/aromatic N) is 1. The average molecular weight is 259 g/mol. The van der Waals surface area contributed by atoms with Gasteiger partial charge in [-0.2, -0.15) is 0 Å². The van der Waals surface area contributed by atoms with Crippen LogP contribution in [0.3, 0.4) is 0 Å². The number of aliphatic hydroxyl groups excluding tert-OH is 1. The van der Waals surface area contributed by atoms with Crippen LogP contribution >= 0.6 is 0 Å². The second-order valence-corrected chi connectivity index (χ2v) is 6.29. The summed E-state index contributed by atoms with van der Waals surface area (Å²) in [5.41, 5.74) is 1.43. The summed E-state index contributed by atoms with van der Waals surface area (Å²) in [7, 11) is 0. The number of benzene rings is 1. The predicted octanol–water partition coefficient (Wildman–Crippen LogP) is 2.71. The number of rotatable bonds is 3. The molecule has 1 heterocycles. The third kappa shape index (κ3) is 3.18. The minimum absolute atomic E-state index is 0.0320. The number of fused-ring (bicyclic) bond motifs is 2. The number of piperidine rings is 1. The van der Waals surface area contributed by atoms with E-state index in [1.807, 2.05) is 0 Å². The maximum atomic E-state index is 10.3. The van der Waals surface area contributed by atoms with Crippen molar-refractivity contribution in [2.24, 2.45) is 11.8 Å². The van der Waals surface area contributed by atoms with Crippen LogP contribution in [0.25, 0.3) is 0 Å². The van der Waals surface area contributed by atoms with E-state index in [9.17, 15) is 5.11 Å². The van der Waals surface area contributed by atoms with Gasteiger partial charge in [-0.3, -0.25) is 0 Å². The summed E-state index contributed by atoms with van der Waals surface area (Å²) in [6.07, 6.45) is 6.17. The lowest BCUT2D eigenvalue weighted by atomic mass is 9.85. The van der Waals surface area contributed by atoms with Gasteiger partial charge in [0.05, 0.1) is 6.10 Å². The monoisotopic (exact) mass is 259 g/mol. The number of hydrogen-bond acceptors (Lipinski definition) is 2. The van der Waals surface area contributed by atoms with Crippen molar-refractivity contribution in [1.82, 2.24) is 4.90 Å². The minimum atomic E-state index is -0.0320. The van der Waals surface area contributed by atoms with Gasteiger partial charge in [-0.25, -0.2) is 0 Å². The molecule has 2 aliphatic rings. The third-order valence-corrected chi connectivity index (χ3v) is 4.91. The zero-order valence-corrected chi connectivity index (χ0v) is 11.7. The van der Waals surface area contributed by atoms with Gasteiger partial charge in [0, 0.05) is 19.6 Å². The molecule has 19 heavy (non-hydrogen) atoms. The van der Waals surface area contributed by atoms with E-state index in [0.717, 1.165) is 26.1 Å². The highest BCUT2D eigenvalue weighted by atomic mass is 16.3. The van der Waals surface area contributed by atoms with Crippen LogP contribution in [0.1, 0.15) is 31.2 Å². The van der Waals surface area contributed by atoms with Crippen LogP contribution in [0, 0.1) is 11.8 Å². The van der Waals surface area contributed by atoms with Crippen molar-refractivity contribution >= 4 is 0 Å². The van der Waals surface area contributed by atoms with Gasteiger partial charge in [-0.1, -0.05) is 43.2 Å². The Morgan fingerprint density at radius 1 is 1.00 bits per heavy atom. The Morgan fingerprint density at radius 2 is 1.63 bits per heavy atom. The smallest absolute Gasteiger partial charge is 0.0620 e. The quantitative estimate of drug-likeness (QED) is 0.902. The molecule has 2 fully saturated rings. The highest BCUT2D eigenvalue weighted by molar-refractivity contribution is 5.14. The first-order valence-corrected chi connectivity index (χ1v) is 7.77. The van der Waals surface area contributed by atoms with E-state index < -0.39 is 0 Å². The molecular formula is C17H25NO. The van der Waals surface area contributed by atoms with Crippen molar-refractivity contribution in [1.29, 1.82) is 0 Å². The lowest BCUT2D eigenvalue weighted by Crippen LogP contribution is -2.48. The molecule has 104 valence electrons. The fourth-order valence-electron chi connectivity index (χ4n) is 3.79. The Hall–Kier alpha value is -0.860. The van der Waals surface area contributed by atoms with Gasteiger partial charge >= 0.3 is 0 Å². The molecule has 1 N–H and O–H groups in total. The summed E-state index contributed by atoms with van der Waals surface area (Å²) in [6.45, 7) is 3.35. The van der Waals surface area contributed by atoms with E-state index in [2.05, 4.69) is 35.2 Å². The predicted molar refractivity (Wildman–Crippen MR) is 78.0 cm³/mol. The van der Waals surface area contributed by atoms with E-state index in [0.29, 0.717) is 11.8 Å². The molecular weight excluding hydrogens is 234 g/mol. The molecule has 3 rings (SSSR count). The standard InChI is InChI=1S/C17H25NO/c19-17-15-8-4-5-9-16(17)13-18(12-15)11-10-14-6-2-1-3-7-14/h1-3,6-7,15-17,19H,4-5,8-13H2/t15-,16+,17?.